The van der Waals surface area contributed by atoms with Crippen molar-refractivity contribution in [3.05, 3.63) is 47.9 Å². The zero-order valence-electron chi connectivity index (χ0n) is 8.87. The van der Waals surface area contributed by atoms with Crippen LogP contribution >= 0.6 is 30.4 Å². The van der Waals surface area contributed by atoms with Crippen molar-refractivity contribution in [3.8, 4) is 0 Å². The van der Waals surface area contributed by atoms with Crippen molar-refractivity contribution >= 4 is 30.4 Å². The fourth-order valence-electron chi connectivity index (χ4n) is 1.29. The lowest BCUT2D eigenvalue weighted by Crippen LogP contribution is -2.14. The summed E-state index contributed by atoms with van der Waals surface area (Å²) >= 11 is 2.12. The van der Waals surface area contributed by atoms with Gasteiger partial charge in [-0.05, 0) is 30.2 Å². The van der Waals surface area contributed by atoms with Gasteiger partial charge in [-0.15, -0.1) is 0 Å². The van der Waals surface area contributed by atoms with E-state index in [0.717, 1.165) is 0 Å². The van der Waals surface area contributed by atoms with Gasteiger partial charge in [0.25, 0.3) is 0 Å². The summed E-state index contributed by atoms with van der Waals surface area (Å²) < 4.78 is 5.29. The Morgan fingerprint density at radius 2 is 2.47 bits per heavy atom. The summed E-state index contributed by atoms with van der Waals surface area (Å²) in [6.45, 7) is 6.47. The van der Waals surface area contributed by atoms with E-state index in [9.17, 15) is 0 Å². The molecule has 0 saturated carbocycles. The molecule has 1 aliphatic rings. The van der Waals surface area contributed by atoms with Crippen LogP contribution in [-0.2, 0) is 4.18 Å². The number of likely N-dealkylation sites (N-methyl/N-ethyl adjacent to an activating group) is 1. The summed E-state index contributed by atoms with van der Waals surface area (Å²) in [4.78, 5) is 2.08. The molecule has 4 heteroatoms. The van der Waals surface area contributed by atoms with E-state index in [0.29, 0.717) is 6.61 Å². The molecule has 2 nitrogen and oxygen atoms in total. The van der Waals surface area contributed by atoms with Crippen molar-refractivity contribution in [1.82, 2.24) is 4.90 Å². The summed E-state index contributed by atoms with van der Waals surface area (Å²) in [6.07, 6.45) is 8.10. The predicted molar refractivity (Wildman–Crippen MR) is 75.4 cm³/mol. The molecule has 1 heterocycles. The molecule has 1 aliphatic heterocycles. The number of allylic oxidation sites excluding steroid dienone is 3. The second kappa shape index (κ2) is 6.40. The van der Waals surface area contributed by atoms with E-state index in [4.69, 9.17) is 4.18 Å². The molecule has 82 valence electrons. The van der Waals surface area contributed by atoms with Crippen molar-refractivity contribution in [2.24, 2.45) is 0 Å². The monoisotopic (exact) mass is 335 g/mol. The molecule has 15 heavy (non-hydrogen) atoms. The number of nitrogens with zero attached hydrogens (tertiary/aromatic N) is 1. The molecule has 0 amide bonds. The van der Waals surface area contributed by atoms with E-state index < -0.39 is 0 Å². The van der Waals surface area contributed by atoms with Gasteiger partial charge in [0.15, 0.2) is 0 Å². The first-order valence-corrected chi connectivity index (χ1v) is 7.82. The molecule has 0 aromatic carbocycles. The third-order valence-electron chi connectivity index (χ3n) is 2.19. The third-order valence-corrected chi connectivity index (χ3v) is 3.16. The Hall–Kier alpha value is -0.200. The van der Waals surface area contributed by atoms with Crippen LogP contribution in [0.15, 0.2) is 47.9 Å². The third kappa shape index (κ3) is 3.70. The number of rotatable bonds is 4. The highest BCUT2D eigenvalue weighted by Crippen LogP contribution is 2.21. The molecule has 1 rings (SSSR count). The van der Waals surface area contributed by atoms with Gasteiger partial charge >= 0.3 is 0 Å². The summed E-state index contributed by atoms with van der Waals surface area (Å²) in [5.74, 6) is 0. The zero-order chi connectivity index (χ0) is 11.3. The van der Waals surface area contributed by atoms with Gasteiger partial charge in [0.1, 0.15) is 0 Å². The lowest BCUT2D eigenvalue weighted by atomic mass is 10.1. The SMILES string of the molecule is C=C/C(C)=C1/C=C(COSI)C=CN1C. The lowest BCUT2D eigenvalue weighted by molar-refractivity contribution is 0.424. The molecular formula is C11H14INOS. The Kier molecular flexibility index (Phi) is 5.49. The van der Waals surface area contributed by atoms with Gasteiger partial charge in [0.05, 0.1) is 15.8 Å². The first-order chi connectivity index (χ1) is 7.19. The smallest absolute Gasteiger partial charge is 0.0875 e. The molecule has 0 saturated heterocycles. The van der Waals surface area contributed by atoms with Crippen LogP contribution in [0, 0.1) is 0 Å². The van der Waals surface area contributed by atoms with Gasteiger partial charge in [0.2, 0.25) is 0 Å². The van der Waals surface area contributed by atoms with E-state index in [1.807, 2.05) is 19.3 Å². The predicted octanol–water partition coefficient (Wildman–Crippen LogP) is 3.85. The largest absolute Gasteiger partial charge is 0.351 e. The Morgan fingerprint density at radius 1 is 1.73 bits per heavy atom. The summed E-state index contributed by atoms with van der Waals surface area (Å²) in [7, 11) is 3.38. The summed E-state index contributed by atoms with van der Waals surface area (Å²) in [5.41, 5.74) is 3.51. The van der Waals surface area contributed by atoms with Crippen LogP contribution in [0.2, 0.25) is 0 Å². The minimum atomic E-state index is 0.631. The van der Waals surface area contributed by atoms with Crippen molar-refractivity contribution in [3.63, 3.8) is 0 Å². The highest BCUT2D eigenvalue weighted by Gasteiger charge is 2.08. The highest BCUT2D eigenvalue weighted by molar-refractivity contribution is 14.2. The standard InChI is InChI=1S/C11H14INOS/c1-4-9(2)11-7-10(8-14-15-12)5-6-13(11)3/h4-7H,1,8H2,2-3H3/b11-9-. The topological polar surface area (TPSA) is 12.5 Å². The van der Waals surface area contributed by atoms with Crippen LogP contribution in [0.1, 0.15) is 6.92 Å². The van der Waals surface area contributed by atoms with Gasteiger partial charge in [-0.2, -0.15) is 0 Å². The minimum absolute atomic E-state index is 0.631. The Bertz CT molecular complexity index is 333. The summed E-state index contributed by atoms with van der Waals surface area (Å²) in [5, 5.41) is 0. The van der Waals surface area contributed by atoms with E-state index in [1.54, 1.807) is 0 Å². The van der Waals surface area contributed by atoms with E-state index in [-0.39, 0.29) is 0 Å². The molecule has 0 spiro atoms. The van der Waals surface area contributed by atoms with Crippen molar-refractivity contribution in [2.45, 2.75) is 6.92 Å². The van der Waals surface area contributed by atoms with Crippen LogP contribution in [0.25, 0.3) is 0 Å². The second-order valence-corrected chi connectivity index (χ2v) is 4.68. The van der Waals surface area contributed by atoms with E-state index >= 15 is 0 Å². The van der Waals surface area contributed by atoms with Crippen LogP contribution in [0.5, 0.6) is 0 Å². The Balaban J connectivity index is 2.85. The van der Waals surface area contributed by atoms with Gasteiger partial charge in [0, 0.05) is 40.2 Å². The molecule has 0 atom stereocenters. The van der Waals surface area contributed by atoms with Gasteiger partial charge in [-0.1, -0.05) is 12.7 Å². The fourth-order valence-corrected chi connectivity index (χ4v) is 1.85. The Labute approximate surface area is 108 Å². The van der Waals surface area contributed by atoms with E-state index in [1.165, 1.54) is 26.1 Å². The molecule has 0 fully saturated rings. The molecule has 0 aromatic heterocycles. The first kappa shape index (κ1) is 12.9. The molecule has 0 aromatic rings. The number of hydrogen-bond acceptors (Lipinski definition) is 3. The van der Waals surface area contributed by atoms with Crippen molar-refractivity contribution in [2.75, 3.05) is 13.7 Å². The maximum atomic E-state index is 5.29. The fraction of sp³-hybridized carbons (Fsp3) is 0.273. The van der Waals surface area contributed by atoms with Crippen molar-refractivity contribution in [1.29, 1.82) is 0 Å². The van der Waals surface area contributed by atoms with Crippen LogP contribution < -0.4 is 0 Å². The number of halogens is 1. The quantitative estimate of drug-likeness (QED) is 0.572. The minimum Gasteiger partial charge on any atom is -0.351 e. The normalized spacial score (nSPS) is 18.9. The zero-order valence-corrected chi connectivity index (χ0v) is 11.8. The van der Waals surface area contributed by atoms with Crippen LogP contribution in [0.4, 0.5) is 0 Å². The molecule has 0 N–H and O–H groups in total. The van der Waals surface area contributed by atoms with Gasteiger partial charge in [-0.25, -0.2) is 0 Å². The van der Waals surface area contributed by atoms with Crippen LogP contribution in [-0.4, -0.2) is 18.6 Å². The van der Waals surface area contributed by atoms with Crippen LogP contribution in [0.3, 0.4) is 0 Å². The van der Waals surface area contributed by atoms with Gasteiger partial charge < -0.3 is 9.08 Å². The molecule has 0 unspecified atom stereocenters. The van der Waals surface area contributed by atoms with Crippen molar-refractivity contribution < 1.29 is 4.18 Å². The summed E-state index contributed by atoms with van der Waals surface area (Å²) in [6, 6.07) is 0. The van der Waals surface area contributed by atoms with E-state index in [2.05, 4.69) is 51.8 Å². The average molecular weight is 335 g/mol. The van der Waals surface area contributed by atoms with Gasteiger partial charge in [-0.3, -0.25) is 0 Å². The molecule has 0 aliphatic carbocycles. The maximum absolute atomic E-state index is 5.29. The number of hydrogen-bond donors (Lipinski definition) is 0. The maximum Gasteiger partial charge on any atom is 0.0875 e. The Morgan fingerprint density at radius 3 is 3.07 bits per heavy atom. The second-order valence-electron chi connectivity index (χ2n) is 3.24. The molecule has 0 bridgehead atoms. The lowest BCUT2D eigenvalue weighted by Gasteiger charge is -2.22. The first-order valence-electron chi connectivity index (χ1n) is 4.54. The molecular weight excluding hydrogens is 321 g/mol. The highest BCUT2D eigenvalue weighted by atomic mass is 127. The molecule has 0 radical (unpaired) electrons. The average Bonchev–Trinajstić information content (AvgIpc) is 2.27.